The average molecular weight is 227 g/mol. The van der Waals surface area contributed by atoms with Crippen LogP contribution < -0.4 is 14.2 Å². The molecule has 0 spiro atoms. The van der Waals surface area contributed by atoms with E-state index in [4.69, 9.17) is 14.2 Å². The molecule has 0 aliphatic carbocycles. The molecule has 0 aliphatic rings. The Balaban J connectivity index is 3.21. The molecule has 1 rings (SSSR count). The monoisotopic (exact) mass is 227 g/mol. The second-order valence-corrected chi connectivity index (χ2v) is 4.09. The van der Waals surface area contributed by atoms with Crippen LogP contribution in [0, 0.1) is 0 Å². The predicted octanol–water partition coefficient (Wildman–Crippen LogP) is 0.434. The number of rotatable bonds is 5. The van der Waals surface area contributed by atoms with Crippen molar-refractivity contribution in [3.8, 4) is 17.2 Å². The summed E-state index contributed by atoms with van der Waals surface area (Å²) in [6.07, 6.45) is 2.60. The van der Waals surface area contributed by atoms with Gasteiger partial charge in [0.05, 0.1) is 33.2 Å². The maximum absolute atomic E-state index is 5.31. The molecule has 0 amide bonds. The summed E-state index contributed by atoms with van der Waals surface area (Å²) in [5.74, 6) is 1.92. The van der Waals surface area contributed by atoms with Crippen LogP contribution in [-0.4, -0.2) is 36.6 Å². The van der Waals surface area contributed by atoms with Gasteiger partial charge >= 0.3 is 0 Å². The van der Waals surface area contributed by atoms with Gasteiger partial charge in [0.25, 0.3) is 0 Å². The maximum Gasteiger partial charge on any atom is 0.206 e. The zero-order chi connectivity index (χ0) is 11.3. The highest BCUT2D eigenvalue weighted by molar-refractivity contribution is 6.08. The normalized spacial score (nSPS) is 10.1. The summed E-state index contributed by atoms with van der Waals surface area (Å²) in [6, 6.07) is 1.15. The molecule has 0 aromatic carbocycles. The number of aromatic nitrogens is 1. The fourth-order valence-corrected chi connectivity index (χ4v) is 1.93. The minimum Gasteiger partial charge on any atom is -0.491 e. The molecule has 84 valence electrons. The number of ether oxygens (including phenoxy) is 3. The van der Waals surface area contributed by atoms with E-state index in [1.807, 2.05) is 0 Å². The highest BCUT2D eigenvalue weighted by Gasteiger charge is 2.16. The van der Waals surface area contributed by atoms with E-state index in [0.29, 0.717) is 17.2 Å². The van der Waals surface area contributed by atoms with E-state index in [1.54, 1.807) is 27.5 Å². The van der Waals surface area contributed by atoms with Gasteiger partial charge in [-0.05, 0) is 6.42 Å². The minimum absolute atomic E-state index is 0.603. The smallest absolute Gasteiger partial charge is 0.206 e. The van der Waals surface area contributed by atoms with Crippen LogP contribution in [0.15, 0.2) is 6.20 Å². The minimum atomic E-state index is 0.603. The summed E-state index contributed by atoms with van der Waals surface area (Å²) in [6.45, 7) is 0. The topological polar surface area (TPSA) is 40.6 Å². The fourth-order valence-electron chi connectivity index (χ4n) is 1.46. The third-order valence-corrected chi connectivity index (χ3v) is 2.64. The molecule has 5 heteroatoms. The van der Waals surface area contributed by atoms with Crippen LogP contribution in [0.4, 0.5) is 0 Å². The van der Waals surface area contributed by atoms with Gasteiger partial charge in [0, 0.05) is 10.2 Å². The maximum atomic E-state index is 5.31. The molecule has 0 unspecified atom stereocenters. The largest absolute Gasteiger partial charge is 0.491 e. The van der Waals surface area contributed by atoms with E-state index in [9.17, 15) is 0 Å². The van der Waals surface area contributed by atoms with Crippen LogP contribution in [0.2, 0.25) is 6.04 Å². The highest BCUT2D eigenvalue weighted by atomic mass is 28.1. The molecule has 0 saturated carbocycles. The standard InChI is InChI=1S/C10H17NO3Si/c1-12-8-6-11-7(4-5-15)9(13-2)10(8)14-3/h6H,4-5H2,1-3,15H3. The number of pyridine rings is 1. The second-order valence-electron chi connectivity index (χ2n) is 3.09. The fraction of sp³-hybridized carbons (Fsp3) is 0.500. The van der Waals surface area contributed by atoms with Crippen molar-refractivity contribution < 1.29 is 14.2 Å². The van der Waals surface area contributed by atoms with Gasteiger partial charge in [0.1, 0.15) is 0 Å². The summed E-state index contributed by atoms with van der Waals surface area (Å²) < 4.78 is 15.7. The average Bonchev–Trinajstić information content (AvgIpc) is 2.28. The molecule has 15 heavy (non-hydrogen) atoms. The SMILES string of the molecule is COc1cnc(CC[SiH3])c(OC)c1OC. The summed E-state index contributed by atoms with van der Waals surface area (Å²) in [5.41, 5.74) is 0.935. The second kappa shape index (κ2) is 5.60. The molecule has 0 fully saturated rings. The Labute approximate surface area is 93.0 Å². The van der Waals surface area contributed by atoms with Gasteiger partial charge in [0.15, 0.2) is 11.5 Å². The summed E-state index contributed by atoms with van der Waals surface area (Å²) in [7, 11) is 5.97. The van der Waals surface area contributed by atoms with E-state index >= 15 is 0 Å². The summed E-state index contributed by atoms with van der Waals surface area (Å²) in [5, 5.41) is 0. The van der Waals surface area contributed by atoms with Crippen molar-refractivity contribution in [3.05, 3.63) is 11.9 Å². The zero-order valence-electron chi connectivity index (χ0n) is 9.66. The van der Waals surface area contributed by atoms with Crippen LogP contribution >= 0.6 is 0 Å². The molecular formula is C10H17NO3Si. The Hall–Kier alpha value is -1.23. The van der Waals surface area contributed by atoms with Crippen LogP contribution in [0.1, 0.15) is 5.69 Å². The number of aryl methyl sites for hydroxylation is 1. The van der Waals surface area contributed by atoms with Crippen LogP contribution in [-0.2, 0) is 6.42 Å². The van der Waals surface area contributed by atoms with Crippen molar-refractivity contribution in [2.45, 2.75) is 12.5 Å². The van der Waals surface area contributed by atoms with E-state index in [0.717, 1.165) is 28.4 Å². The van der Waals surface area contributed by atoms with E-state index < -0.39 is 0 Å². The molecule has 0 radical (unpaired) electrons. The summed E-state index contributed by atoms with van der Waals surface area (Å²) in [4.78, 5) is 4.31. The first-order valence-corrected chi connectivity index (χ1v) is 6.33. The number of nitrogens with zero attached hydrogens (tertiary/aromatic N) is 1. The Morgan fingerprint density at radius 3 is 2.27 bits per heavy atom. The first kappa shape index (κ1) is 11.8. The molecule has 1 aromatic rings. The van der Waals surface area contributed by atoms with E-state index in [2.05, 4.69) is 4.98 Å². The molecule has 1 heterocycles. The molecule has 4 nitrogen and oxygen atoms in total. The van der Waals surface area contributed by atoms with Gasteiger partial charge < -0.3 is 14.2 Å². The highest BCUT2D eigenvalue weighted by Crippen LogP contribution is 2.38. The lowest BCUT2D eigenvalue weighted by Gasteiger charge is -2.14. The molecular weight excluding hydrogens is 210 g/mol. The quantitative estimate of drug-likeness (QED) is 0.684. The van der Waals surface area contributed by atoms with Crippen LogP contribution in [0.5, 0.6) is 17.2 Å². The van der Waals surface area contributed by atoms with Crippen molar-refractivity contribution in [3.63, 3.8) is 0 Å². The lowest BCUT2D eigenvalue weighted by atomic mass is 10.2. The van der Waals surface area contributed by atoms with Gasteiger partial charge in [-0.25, -0.2) is 0 Å². The van der Waals surface area contributed by atoms with Gasteiger partial charge in [0.2, 0.25) is 5.75 Å². The number of hydrogen-bond donors (Lipinski definition) is 0. The van der Waals surface area contributed by atoms with Crippen LogP contribution in [0.3, 0.4) is 0 Å². The Morgan fingerprint density at radius 1 is 1.13 bits per heavy atom. The first-order valence-electron chi connectivity index (χ1n) is 4.92. The van der Waals surface area contributed by atoms with Gasteiger partial charge in [-0.2, -0.15) is 0 Å². The molecule has 0 atom stereocenters. The summed E-state index contributed by atoms with van der Waals surface area (Å²) >= 11 is 0. The Morgan fingerprint density at radius 2 is 1.80 bits per heavy atom. The van der Waals surface area contributed by atoms with E-state index in [-0.39, 0.29) is 0 Å². The van der Waals surface area contributed by atoms with Crippen molar-refractivity contribution in [2.24, 2.45) is 0 Å². The lowest BCUT2D eigenvalue weighted by molar-refractivity contribution is 0.319. The first-order chi connectivity index (χ1) is 7.28. The zero-order valence-corrected chi connectivity index (χ0v) is 11.7. The van der Waals surface area contributed by atoms with Crippen molar-refractivity contribution in [1.82, 2.24) is 4.98 Å². The number of hydrogen-bond acceptors (Lipinski definition) is 4. The Bertz CT molecular complexity index is 331. The molecule has 0 N–H and O–H groups in total. The van der Waals surface area contributed by atoms with Crippen molar-refractivity contribution >= 4 is 10.2 Å². The van der Waals surface area contributed by atoms with E-state index in [1.165, 1.54) is 0 Å². The predicted molar refractivity (Wildman–Crippen MR) is 62.3 cm³/mol. The number of methoxy groups -OCH3 is 3. The molecule has 0 saturated heterocycles. The van der Waals surface area contributed by atoms with Gasteiger partial charge in [-0.1, -0.05) is 6.04 Å². The molecule has 1 aromatic heterocycles. The lowest BCUT2D eigenvalue weighted by Crippen LogP contribution is -2.01. The van der Waals surface area contributed by atoms with Crippen molar-refractivity contribution in [2.75, 3.05) is 21.3 Å². The van der Waals surface area contributed by atoms with Crippen LogP contribution in [0.25, 0.3) is 0 Å². The Kier molecular flexibility index (Phi) is 4.42. The molecule has 0 aliphatic heterocycles. The van der Waals surface area contributed by atoms with Gasteiger partial charge in [-0.3, -0.25) is 4.98 Å². The van der Waals surface area contributed by atoms with Gasteiger partial charge in [-0.15, -0.1) is 0 Å². The third-order valence-electron chi connectivity index (χ3n) is 2.14. The van der Waals surface area contributed by atoms with Crippen molar-refractivity contribution in [1.29, 1.82) is 0 Å². The molecule has 0 bridgehead atoms. The third kappa shape index (κ3) is 2.41.